The van der Waals surface area contributed by atoms with Gasteiger partial charge in [-0.3, -0.25) is 4.79 Å². The van der Waals surface area contributed by atoms with Crippen LogP contribution in [-0.4, -0.2) is 35.9 Å². The minimum absolute atomic E-state index is 0.212. The largest absolute Gasteiger partial charge is 0.460 e. The molecule has 6 heteroatoms. The summed E-state index contributed by atoms with van der Waals surface area (Å²) in [6.45, 7) is 11.5. The lowest BCUT2D eigenvalue weighted by Crippen LogP contribution is -2.33. The number of esters is 1. The van der Waals surface area contributed by atoms with Crippen LogP contribution in [-0.2, 0) is 14.3 Å². The van der Waals surface area contributed by atoms with E-state index in [-0.39, 0.29) is 18.4 Å². The van der Waals surface area contributed by atoms with Crippen LogP contribution in [0.15, 0.2) is 0 Å². The Morgan fingerprint density at radius 1 is 1.00 bits per heavy atom. The van der Waals surface area contributed by atoms with Crippen LogP contribution >= 0.6 is 0 Å². The Morgan fingerprint density at radius 2 is 1.55 bits per heavy atom. The summed E-state index contributed by atoms with van der Waals surface area (Å²) < 4.78 is 10.3. The summed E-state index contributed by atoms with van der Waals surface area (Å²) in [7, 11) is 0. The maximum Gasteiger partial charge on any atom is 0.407 e. The maximum atomic E-state index is 11.6. The molecule has 0 saturated heterocycles. The fraction of sp³-hybridized carbons (Fsp3) is 0.875. The highest BCUT2D eigenvalue weighted by Crippen LogP contribution is 2.11. The van der Waals surface area contributed by atoms with Gasteiger partial charge in [-0.1, -0.05) is 6.42 Å². The Labute approximate surface area is 134 Å². The molecule has 0 saturated carbocycles. The zero-order chi connectivity index (χ0) is 17.4. The lowest BCUT2D eigenvalue weighted by atomic mass is 10.1. The van der Waals surface area contributed by atoms with Gasteiger partial charge >= 0.3 is 12.1 Å². The molecule has 0 unspecified atom stereocenters. The maximum absolute atomic E-state index is 11.6. The number of carbonyl (C=O) groups is 2. The third-order valence-corrected chi connectivity index (χ3v) is 2.52. The lowest BCUT2D eigenvalue weighted by molar-refractivity contribution is -0.155. The molecule has 0 rings (SSSR count). The van der Waals surface area contributed by atoms with E-state index in [1.807, 2.05) is 41.5 Å². The fourth-order valence-corrected chi connectivity index (χ4v) is 1.74. The quantitative estimate of drug-likeness (QED) is 0.556. The second-order valence-electron chi connectivity index (χ2n) is 7.48. The number of hydrogen-bond acceptors (Lipinski definition) is 5. The van der Waals surface area contributed by atoms with E-state index in [0.717, 1.165) is 19.3 Å². The van der Waals surface area contributed by atoms with Gasteiger partial charge < -0.3 is 20.5 Å². The van der Waals surface area contributed by atoms with E-state index in [1.165, 1.54) is 0 Å². The average Bonchev–Trinajstić information content (AvgIpc) is 2.22. The standard InChI is InChI=1S/C16H32N2O4/c1-15(2,3)21-13(19)11-12(17)9-7-8-10-18-14(20)22-16(4,5)6/h12H,7-11,17H2,1-6H3,(H,18,20)/t12-/m0/s1. The predicted molar refractivity (Wildman–Crippen MR) is 86.5 cm³/mol. The van der Waals surface area contributed by atoms with Crippen molar-refractivity contribution >= 4 is 12.1 Å². The zero-order valence-corrected chi connectivity index (χ0v) is 14.8. The van der Waals surface area contributed by atoms with Crippen molar-refractivity contribution < 1.29 is 19.1 Å². The number of alkyl carbamates (subject to hydrolysis) is 1. The van der Waals surface area contributed by atoms with Gasteiger partial charge in [0.2, 0.25) is 0 Å². The summed E-state index contributed by atoms with van der Waals surface area (Å²) in [5.74, 6) is -0.271. The number of ether oxygens (including phenoxy) is 2. The number of rotatable bonds is 7. The first-order chi connectivity index (χ1) is 9.89. The molecule has 22 heavy (non-hydrogen) atoms. The van der Waals surface area contributed by atoms with E-state index in [2.05, 4.69) is 5.32 Å². The SMILES string of the molecule is CC(C)(C)OC(=O)C[C@@H](N)CCCCNC(=O)OC(C)(C)C. The van der Waals surface area contributed by atoms with Gasteiger partial charge in [-0.05, 0) is 54.4 Å². The summed E-state index contributed by atoms with van der Waals surface area (Å²) in [6, 6.07) is -0.212. The monoisotopic (exact) mass is 316 g/mol. The van der Waals surface area contributed by atoms with Crippen LogP contribution in [0, 0.1) is 0 Å². The zero-order valence-electron chi connectivity index (χ0n) is 14.8. The van der Waals surface area contributed by atoms with Crippen LogP contribution in [0.1, 0.15) is 67.2 Å². The molecule has 0 radical (unpaired) electrons. The van der Waals surface area contributed by atoms with Crippen molar-refractivity contribution in [1.29, 1.82) is 0 Å². The minimum atomic E-state index is -0.486. The van der Waals surface area contributed by atoms with Crippen molar-refractivity contribution in [2.75, 3.05) is 6.54 Å². The molecule has 0 aliphatic rings. The van der Waals surface area contributed by atoms with E-state index >= 15 is 0 Å². The highest BCUT2D eigenvalue weighted by molar-refractivity contribution is 5.70. The van der Waals surface area contributed by atoms with Crippen LogP contribution < -0.4 is 11.1 Å². The van der Waals surface area contributed by atoms with Crippen molar-refractivity contribution in [1.82, 2.24) is 5.32 Å². The highest BCUT2D eigenvalue weighted by Gasteiger charge is 2.18. The van der Waals surface area contributed by atoms with Gasteiger partial charge in [0, 0.05) is 12.6 Å². The van der Waals surface area contributed by atoms with Crippen molar-refractivity contribution in [3.05, 3.63) is 0 Å². The minimum Gasteiger partial charge on any atom is -0.460 e. The smallest absolute Gasteiger partial charge is 0.407 e. The van der Waals surface area contributed by atoms with Gasteiger partial charge in [-0.25, -0.2) is 4.79 Å². The Hall–Kier alpha value is -1.30. The van der Waals surface area contributed by atoms with Crippen molar-refractivity contribution in [3.63, 3.8) is 0 Å². The Balaban J connectivity index is 3.71. The van der Waals surface area contributed by atoms with Gasteiger partial charge in [-0.15, -0.1) is 0 Å². The molecule has 0 spiro atoms. The molecule has 0 aromatic carbocycles. The Kier molecular flexibility index (Phi) is 8.45. The van der Waals surface area contributed by atoms with E-state index in [4.69, 9.17) is 15.2 Å². The first-order valence-corrected chi connectivity index (χ1v) is 7.83. The molecule has 1 amide bonds. The van der Waals surface area contributed by atoms with E-state index in [9.17, 15) is 9.59 Å². The molecule has 0 bridgehead atoms. The molecule has 0 fully saturated rings. The summed E-state index contributed by atoms with van der Waals surface area (Å²) in [5, 5.41) is 2.69. The highest BCUT2D eigenvalue weighted by atomic mass is 16.6. The fourth-order valence-electron chi connectivity index (χ4n) is 1.74. The molecule has 1 atom stereocenters. The molecular weight excluding hydrogens is 284 g/mol. The number of carbonyl (C=O) groups excluding carboxylic acids is 2. The topological polar surface area (TPSA) is 90.6 Å². The van der Waals surface area contributed by atoms with Gasteiger partial charge in [0.1, 0.15) is 11.2 Å². The number of nitrogens with two attached hydrogens (primary N) is 1. The summed E-state index contributed by atoms with van der Waals surface area (Å²) >= 11 is 0. The summed E-state index contributed by atoms with van der Waals surface area (Å²) in [4.78, 5) is 23.0. The number of nitrogens with one attached hydrogen (secondary N) is 1. The van der Waals surface area contributed by atoms with Crippen LogP contribution in [0.4, 0.5) is 4.79 Å². The number of amides is 1. The van der Waals surface area contributed by atoms with Crippen LogP contribution in [0.25, 0.3) is 0 Å². The van der Waals surface area contributed by atoms with E-state index in [1.54, 1.807) is 0 Å². The van der Waals surface area contributed by atoms with Crippen molar-refractivity contribution in [2.45, 2.75) is 84.5 Å². The second-order valence-corrected chi connectivity index (χ2v) is 7.48. The van der Waals surface area contributed by atoms with Gasteiger partial charge in [0.15, 0.2) is 0 Å². The Morgan fingerprint density at radius 3 is 2.05 bits per heavy atom. The normalized spacial score (nSPS) is 13.4. The molecule has 3 N–H and O–H groups in total. The van der Waals surface area contributed by atoms with Gasteiger partial charge in [0.25, 0.3) is 0 Å². The van der Waals surface area contributed by atoms with Gasteiger partial charge in [-0.2, -0.15) is 0 Å². The summed E-state index contributed by atoms with van der Waals surface area (Å²) in [6.07, 6.45) is 2.15. The molecular formula is C16H32N2O4. The number of unbranched alkanes of at least 4 members (excludes halogenated alkanes) is 1. The third-order valence-electron chi connectivity index (χ3n) is 2.52. The van der Waals surface area contributed by atoms with E-state index < -0.39 is 17.3 Å². The number of hydrogen-bond donors (Lipinski definition) is 2. The van der Waals surface area contributed by atoms with Crippen LogP contribution in [0.5, 0.6) is 0 Å². The molecule has 0 aromatic heterocycles. The third kappa shape index (κ3) is 13.7. The van der Waals surface area contributed by atoms with Crippen molar-refractivity contribution in [3.8, 4) is 0 Å². The van der Waals surface area contributed by atoms with Crippen LogP contribution in [0.3, 0.4) is 0 Å². The molecule has 6 nitrogen and oxygen atoms in total. The lowest BCUT2D eigenvalue weighted by Gasteiger charge is -2.21. The molecule has 0 aromatic rings. The first kappa shape index (κ1) is 20.7. The van der Waals surface area contributed by atoms with Crippen LogP contribution in [0.2, 0.25) is 0 Å². The van der Waals surface area contributed by atoms with Gasteiger partial charge in [0.05, 0.1) is 6.42 Å². The average molecular weight is 316 g/mol. The first-order valence-electron chi connectivity index (χ1n) is 7.83. The van der Waals surface area contributed by atoms with Crippen molar-refractivity contribution in [2.24, 2.45) is 5.73 Å². The predicted octanol–water partition coefficient (Wildman–Crippen LogP) is 2.74. The summed E-state index contributed by atoms with van der Waals surface area (Å²) in [5.41, 5.74) is 4.94. The Bertz CT molecular complexity index is 356. The molecule has 0 heterocycles. The molecule has 0 aliphatic carbocycles. The second kappa shape index (κ2) is 8.98. The molecule has 130 valence electrons. The molecule has 0 aliphatic heterocycles. The van der Waals surface area contributed by atoms with E-state index in [0.29, 0.717) is 6.54 Å².